The molecule has 8 heteroatoms. The van der Waals surface area contributed by atoms with Crippen LogP contribution in [0.25, 0.3) is 17.5 Å². The van der Waals surface area contributed by atoms with Crippen LogP contribution in [0, 0.1) is 0 Å². The van der Waals surface area contributed by atoms with Crippen LogP contribution in [0.1, 0.15) is 6.92 Å². The van der Waals surface area contributed by atoms with E-state index in [0.29, 0.717) is 11.8 Å². The summed E-state index contributed by atoms with van der Waals surface area (Å²) in [6.07, 6.45) is 6.69. The highest BCUT2D eigenvalue weighted by Gasteiger charge is 2.12. The van der Waals surface area contributed by atoms with Crippen LogP contribution in [0.5, 0.6) is 0 Å². The van der Waals surface area contributed by atoms with E-state index in [0.717, 1.165) is 12.2 Å². The summed E-state index contributed by atoms with van der Waals surface area (Å²) < 4.78 is 3.47. The molecule has 0 atom stereocenters. The van der Waals surface area contributed by atoms with E-state index in [1.807, 2.05) is 13.0 Å². The molecule has 96 valence electrons. The predicted octanol–water partition coefficient (Wildman–Crippen LogP) is 1.59. The van der Waals surface area contributed by atoms with E-state index in [9.17, 15) is 0 Å². The summed E-state index contributed by atoms with van der Waals surface area (Å²) in [7, 11) is 0. The van der Waals surface area contributed by atoms with Crippen LogP contribution in [-0.2, 0) is 6.54 Å². The van der Waals surface area contributed by atoms with Crippen molar-refractivity contribution in [2.45, 2.75) is 13.5 Å². The van der Waals surface area contributed by atoms with Gasteiger partial charge in [0.05, 0.1) is 0 Å². The topological polar surface area (TPSA) is 74.3 Å². The maximum atomic E-state index is 5.95. The molecule has 0 amide bonds. The Hall–Kier alpha value is -2.28. The van der Waals surface area contributed by atoms with E-state index in [1.54, 1.807) is 34.2 Å². The third kappa shape index (κ3) is 2.19. The molecule has 0 unspecified atom stereocenters. The summed E-state index contributed by atoms with van der Waals surface area (Å²) in [6.45, 7) is 2.72. The summed E-state index contributed by atoms with van der Waals surface area (Å²) in [6, 6.07) is 1.84. The Bertz CT molecular complexity index is 689. The molecule has 0 saturated heterocycles. The molecule has 0 aliphatic carbocycles. The number of aromatic nitrogens is 7. The van der Waals surface area contributed by atoms with Gasteiger partial charge in [0, 0.05) is 25.1 Å². The van der Waals surface area contributed by atoms with E-state index in [-0.39, 0.29) is 5.28 Å². The minimum atomic E-state index is 0.137. The lowest BCUT2D eigenvalue weighted by atomic mass is 10.4. The Kier molecular flexibility index (Phi) is 2.96. The lowest BCUT2D eigenvalue weighted by Crippen LogP contribution is -2.06. The normalized spacial score (nSPS) is 10.8. The standard InChI is InChI=1S/C11H10ClN7/c1-2-19-8(3-4-14-19)9-15-10(12)17-11(16-9)18-6-5-13-7-18/h3-7H,2H2,1H3. The van der Waals surface area contributed by atoms with E-state index in [4.69, 9.17) is 11.6 Å². The molecule has 0 spiro atoms. The second kappa shape index (κ2) is 4.77. The van der Waals surface area contributed by atoms with Gasteiger partial charge in [-0.1, -0.05) is 0 Å². The van der Waals surface area contributed by atoms with Crippen molar-refractivity contribution < 1.29 is 0 Å². The van der Waals surface area contributed by atoms with Gasteiger partial charge in [-0.3, -0.25) is 9.25 Å². The largest absolute Gasteiger partial charge is 0.274 e. The quantitative estimate of drug-likeness (QED) is 0.726. The molecule has 3 aromatic rings. The molecule has 0 aliphatic heterocycles. The smallest absolute Gasteiger partial charge is 0.239 e. The van der Waals surface area contributed by atoms with Crippen molar-refractivity contribution in [2.24, 2.45) is 0 Å². The van der Waals surface area contributed by atoms with Crippen molar-refractivity contribution in [3.8, 4) is 17.5 Å². The summed E-state index contributed by atoms with van der Waals surface area (Å²) in [5, 5.41) is 4.32. The average molecular weight is 276 g/mol. The van der Waals surface area contributed by atoms with Gasteiger partial charge in [-0.25, -0.2) is 4.98 Å². The van der Waals surface area contributed by atoms with Gasteiger partial charge < -0.3 is 0 Å². The number of aryl methyl sites for hydroxylation is 1. The van der Waals surface area contributed by atoms with Crippen LogP contribution >= 0.6 is 11.6 Å². The van der Waals surface area contributed by atoms with E-state index in [2.05, 4.69) is 25.0 Å². The van der Waals surface area contributed by atoms with Gasteiger partial charge in [-0.15, -0.1) is 0 Å². The number of imidazole rings is 1. The molecule has 0 aliphatic rings. The Labute approximate surface area is 113 Å². The Morgan fingerprint density at radius 1 is 1.21 bits per heavy atom. The first-order valence-electron chi connectivity index (χ1n) is 5.70. The van der Waals surface area contributed by atoms with Gasteiger partial charge in [0.25, 0.3) is 0 Å². The van der Waals surface area contributed by atoms with Crippen molar-refractivity contribution in [3.63, 3.8) is 0 Å². The summed E-state index contributed by atoms with van der Waals surface area (Å²) in [4.78, 5) is 16.6. The maximum absolute atomic E-state index is 5.95. The van der Waals surface area contributed by atoms with Crippen LogP contribution in [0.2, 0.25) is 5.28 Å². The number of rotatable bonds is 3. The third-order valence-electron chi connectivity index (χ3n) is 2.58. The molecule has 3 rings (SSSR count). The second-order valence-electron chi connectivity index (χ2n) is 3.73. The molecular formula is C11H10ClN7. The van der Waals surface area contributed by atoms with Crippen molar-refractivity contribution in [3.05, 3.63) is 36.3 Å². The van der Waals surface area contributed by atoms with Crippen molar-refractivity contribution in [2.75, 3.05) is 0 Å². The molecule has 0 bridgehead atoms. The molecule has 3 aromatic heterocycles. The Balaban J connectivity index is 2.13. The fourth-order valence-corrected chi connectivity index (χ4v) is 1.88. The third-order valence-corrected chi connectivity index (χ3v) is 2.75. The summed E-state index contributed by atoms with van der Waals surface area (Å²) in [5.74, 6) is 0.916. The number of hydrogen-bond donors (Lipinski definition) is 0. The molecule has 0 radical (unpaired) electrons. The zero-order chi connectivity index (χ0) is 13.2. The van der Waals surface area contributed by atoms with Gasteiger partial charge in [-0.2, -0.15) is 20.1 Å². The zero-order valence-electron chi connectivity index (χ0n) is 10.1. The molecule has 0 N–H and O–H groups in total. The van der Waals surface area contributed by atoms with Crippen LogP contribution in [0.4, 0.5) is 0 Å². The van der Waals surface area contributed by atoms with Crippen LogP contribution in [0.3, 0.4) is 0 Å². The minimum absolute atomic E-state index is 0.137. The number of nitrogens with zero attached hydrogens (tertiary/aromatic N) is 7. The zero-order valence-corrected chi connectivity index (χ0v) is 10.9. The second-order valence-corrected chi connectivity index (χ2v) is 4.07. The van der Waals surface area contributed by atoms with Crippen LogP contribution in [0.15, 0.2) is 31.0 Å². The molecule has 0 aromatic carbocycles. The first-order chi connectivity index (χ1) is 9.28. The van der Waals surface area contributed by atoms with Gasteiger partial charge in [0.2, 0.25) is 11.2 Å². The Morgan fingerprint density at radius 2 is 2.11 bits per heavy atom. The van der Waals surface area contributed by atoms with E-state index < -0.39 is 0 Å². The van der Waals surface area contributed by atoms with E-state index >= 15 is 0 Å². The predicted molar refractivity (Wildman–Crippen MR) is 68.9 cm³/mol. The fraction of sp³-hybridized carbons (Fsp3) is 0.182. The van der Waals surface area contributed by atoms with Gasteiger partial charge in [-0.05, 0) is 24.6 Å². The van der Waals surface area contributed by atoms with Crippen molar-refractivity contribution >= 4 is 11.6 Å². The molecule has 0 fully saturated rings. The van der Waals surface area contributed by atoms with Crippen LogP contribution in [-0.4, -0.2) is 34.3 Å². The fourth-order valence-electron chi connectivity index (χ4n) is 1.72. The van der Waals surface area contributed by atoms with Gasteiger partial charge in [0.15, 0.2) is 5.82 Å². The minimum Gasteiger partial charge on any atom is -0.274 e. The molecular weight excluding hydrogens is 266 g/mol. The summed E-state index contributed by atoms with van der Waals surface area (Å²) >= 11 is 5.95. The highest BCUT2D eigenvalue weighted by atomic mass is 35.5. The lowest BCUT2D eigenvalue weighted by molar-refractivity contribution is 0.662. The monoisotopic (exact) mass is 275 g/mol. The first-order valence-corrected chi connectivity index (χ1v) is 6.08. The highest BCUT2D eigenvalue weighted by molar-refractivity contribution is 6.28. The molecule has 7 nitrogen and oxygen atoms in total. The van der Waals surface area contributed by atoms with Gasteiger partial charge in [0.1, 0.15) is 12.0 Å². The number of halogens is 1. The molecule has 0 saturated carbocycles. The average Bonchev–Trinajstić information content (AvgIpc) is 3.09. The SMILES string of the molecule is CCn1nccc1-c1nc(Cl)nc(-n2ccnc2)n1. The lowest BCUT2D eigenvalue weighted by Gasteiger charge is -2.06. The maximum Gasteiger partial charge on any atom is 0.239 e. The molecule has 3 heterocycles. The summed E-state index contributed by atoms with van der Waals surface area (Å²) in [5.41, 5.74) is 0.799. The Morgan fingerprint density at radius 3 is 2.84 bits per heavy atom. The number of hydrogen-bond acceptors (Lipinski definition) is 5. The van der Waals surface area contributed by atoms with Gasteiger partial charge >= 0.3 is 0 Å². The van der Waals surface area contributed by atoms with Crippen molar-refractivity contribution in [1.29, 1.82) is 0 Å². The van der Waals surface area contributed by atoms with Crippen molar-refractivity contribution in [1.82, 2.24) is 34.3 Å². The molecule has 19 heavy (non-hydrogen) atoms. The first kappa shape index (κ1) is 11.8. The van der Waals surface area contributed by atoms with Crippen LogP contribution < -0.4 is 0 Å². The highest BCUT2D eigenvalue weighted by Crippen LogP contribution is 2.17. The van der Waals surface area contributed by atoms with E-state index in [1.165, 1.54) is 0 Å².